The van der Waals surface area contributed by atoms with Crippen LogP contribution in [0.3, 0.4) is 0 Å². The summed E-state index contributed by atoms with van der Waals surface area (Å²) in [4.78, 5) is 0. The summed E-state index contributed by atoms with van der Waals surface area (Å²) >= 11 is 9.24. The van der Waals surface area contributed by atoms with Crippen LogP contribution in [0.4, 0.5) is 4.39 Å². The lowest BCUT2D eigenvalue weighted by atomic mass is 9.96. The van der Waals surface area contributed by atoms with Crippen LogP contribution in [0.2, 0.25) is 5.02 Å². The molecule has 1 aliphatic rings. The first kappa shape index (κ1) is 16.2. The molecule has 2 rings (SSSR count). The molecule has 1 heterocycles. The van der Waals surface area contributed by atoms with E-state index < -0.39 is 0 Å². The number of nitrogens with one attached hydrogen (secondary N) is 1. The van der Waals surface area contributed by atoms with E-state index in [1.165, 1.54) is 6.42 Å². The van der Waals surface area contributed by atoms with E-state index >= 15 is 0 Å². The zero-order valence-electron chi connectivity index (χ0n) is 11.6. The Morgan fingerprint density at radius 3 is 2.95 bits per heavy atom. The minimum Gasteiger partial charge on any atom is -0.378 e. The molecule has 1 aromatic carbocycles. The topological polar surface area (TPSA) is 21.3 Å². The van der Waals surface area contributed by atoms with E-state index in [0.717, 1.165) is 32.4 Å². The van der Waals surface area contributed by atoms with E-state index in [1.807, 2.05) is 6.92 Å². The fraction of sp³-hybridized carbons (Fsp3) is 0.600. The van der Waals surface area contributed by atoms with Crippen LogP contribution in [0.5, 0.6) is 0 Å². The number of benzene rings is 1. The summed E-state index contributed by atoms with van der Waals surface area (Å²) in [7, 11) is 0. The summed E-state index contributed by atoms with van der Waals surface area (Å²) in [6, 6.07) is 3.53. The summed E-state index contributed by atoms with van der Waals surface area (Å²) in [5.41, 5.74) is 0.620. The fourth-order valence-corrected chi connectivity index (χ4v) is 3.11. The summed E-state index contributed by atoms with van der Waals surface area (Å²) in [6.45, 7) is 3.62. The van der Waals surface area contributed by atoms with Crippen molar-refractivity contribution in [2.45, 2.75) is 44.8 Å². The summed E-state index contributed by atoms with van der Waals surface area (Å²) in [5.74, 6) is -0.345. The second-order valence-electron chi connectivity index (χ2n) is 5.10. The second-order valence-corrected chi connectivity index (χ2v) is 6.33. The van der Waals surface area contributed by atoms with E-state index in [9.17, 15) is 4.39 Å². The quantitative estimate of drug-likeness (QED) is 0.754. The van der Waals surface area contributed by atoms with Gasteiger partial charge in [0.2, 0.25) is 0 Å². The van der Waals surface area contributed by atoms with Crippen molar-refractivity contribution >= 4 is 27.5 Å². The maximum atomic E-state index is 14.3. The molecular formula is C15H20BrClFNO. The van der Waals surface area contributed by atoms with Crippen molar-refractivity contribution in [3.05, 3.63) is 33.0 Å². The van der Waals surface area contributed by atoms with Crippen molar-refractivity contribution in [1.29, 1.82) is 0 Å². The van der Waals surface area contributed by atoms with Crippen LogP contribution in [0.15, 0.2) is 16.6 Å². The van der Waals surface area contributed by atoms with Gasteiger partial charge in [0.1, 0.15) is 5.82 Å². The molecular weight excluding hydrogens is 345 g/mol. The van der Waals surface area contributed by atoms with Gasteiger partial charge in [0, 0.05) is 22.7 Å². The number of rotatable bonds is 5. The van der Waals surface area contributed by atoms with Gasteiger partial charge in [0.05, 0.1) is 11.1 Å². The molecule has 0 radical (unpaired) electrons. The lowest BCUT2D eigenvalue weighted by molar-refractivity contribution is 0.00495. The van der Waals surface area contributed by atoms with Crippen molar-refractivity contribution in [3.8, 4) is 0 Å². The molecule has 1 saturated heterocycles. The van der Waals surface area contributed by atoms with Crippen LogP contribution < -0.4 is 5.32 Å². The van der Waals surface area contributed by atoms with Gasteiger partial charge in [-0.15, -0.1) is 0 Å². The maximum Gasteiger partial charge on any atom is 0.147 e. The van der Waals surface area contributed by atoms with Crippen molar-refractivity contribution in [2.75, 3.05) is 13.2 Å². The Hall–Kier alpha value is -0.160. The molecule has 20 heavy (non-hydrogen) atoms. The van der Waals surface area contributed by atoms with Gasteiger partial charge in [0.15, 0.2) is 0 Å². The highest BCUT2D eigenvalue weighted by Crippen LogP contribution is 2.33. The Kier molecular flexibility index (Phi) is 6.27. The van der Waals surface area contributed by atoms with Gasteiger partial charge in [-0.25, -0.2) is 4.39 Å². The van der Waals surface area contributed by atoms with Gasteiger partial charge in [-0.05, 0) is 54.2 Å². The van der Waals surface area contributed by atoms with Crippen molar-refractivity contribution in [2.24, 2.45) is 0 Å². The standard InChI is InChI=1S/C15H20BrClFNO/c1-2-19-13(9-10-5-3-4-8-20-10)11-6-7-12(16)14(17)15(11)18/h6-7,10,13,19H,2-5,8-9H2,1H3. The number of hydrogen-bond acceptors (Lipinski definition) is 2. The molecule has 112 valence electrons. The minimum atomic E-state index is -0.345. The lowest BCUT2D eigenvalue weighted by Gasteiger charge is -2.28. The Balaban J connectivity index is 2.17. The Bertz CT molecular complexity index is 452. The third-order valence-electron chi connectivity index (χ3n) is 3.66. The average Bonchev–Trinajstić information content (AvgIpc) is 2.46. The fourth-order valence-electron chi connectivity index (χ4n) is 2.63. The molecule has 0 saturated carbocycles. The van der Waals surface area contributed by atoms with Crippen molar-refractivity contribution in [1.82, 2.24) is 5.32 Å². The first-order valence-corrected chi connectivity index (χ1v) is 8.29. The Morgan fingerprint density at radius 2 is 2.30 bits per heavy atom. The van der Waals surface area contributed by atoms with Gasteiger partial charge in [-0.2, -0.15) is 0 Å². The second kappa shape index (κ2) is 7.74. The van der Waals surface area contributed by atoms with Crippen LogP contribution in [-0.2, 0) is 4.74 Å². The molecule has 0 aliphatic carbocycles. The molecule has 0 bridgehead atoms. The van der Waals surface area contributed by atoms with E-state index in [4.69, 9.17) is 16.3 Å². The van der Waals surface area contributed by atoms with E-state index in [0.29, 0.717) is 10.0 Å². The van der Waals surface area contributed by atoms with Crippen LogP contribution in [-0.4, -0.2) is 19.3 Å². The van der Waals surface area contributed by atoms with Gasteiger partial charge < -0.3 is 10.1 Å². The normalized spacial score (nSPS) is 20.9. The maximum absolute atomic E-state index is 14.3. The van der Waals surface area contributed by atoms with Gasteiger partial charge >= 0.3 is 0 Å². The predicted molar refractivity (Wildman–Crippen MR) is 83.7 cm³/mol. The minimum absolute atomic E-state index is 0.0614. The van der Waals surface area contributed by atoms with Gasteiger partial charge in [-0.3, -0.25) is 0 Å². The molecule has 2 nitrogen and oxygen atoms in total. The summed E-state index contributed by atoms with van der Waals surface area (Å²) < 4.78 is 20.7. The largest absolute Gasteiger partial charge is 0.378 e. The molecule has 2 atom stereocenters. The SMILES string of the molecule is CCNC(CC1CCCCO1)c1ccc(Br)c(Cl)c1F. The molecule has 0 spiro atoms. The molecule has 1 aromatic rings. The van der Waals surface area contributed by atoms with Gasteiger partial charge in [-0.1, -0.05) is 24.6 Å². The molecule has 0 amide bonds. The molecule has 1 N–H and O–H groups in total. The monoisotopic (exact) mass is 363 g/mol. The van der Waals surface area contributed by atoms with Crippen LogP contribution in [0.1, 0.15) is 44.2 Å². The summed E-state index contributed by atoms with van der Waals surface area (Å²) in [5, 5.41) is 3.49. The highest BCUT2D eigenvalue weighted by Gasteiger charge is 2.23. The molecule has 0 aromatic heterocycles. The Morgan fingerprint density at radius 1 is 1.50 bits per heavy atom. The smallest absolute Gasteiger partial charge is 0.147 e. The third-order valence-corrected chi connectivity index (χ3v) is 4.92. The van der Waals surface area contributed by atoms with Crippen LogP contribution >= 0.6 is 27.5 Å². The zero-order valence-corrected chi connectivity index (χ0v) is 13.9. The average molecular weight is 365 g/mol. The van der Waals surface area contributed by atoms with Crippen molar-refractivity contribution in [3.63, 3.8) is 0 Å². The number of ether oxygens (including phenoxy) is 1. The first-order chi connectivity index (χ1) is 9.63. The number of halogens is 3. The zero-order chi connectivity index (χ0) is 14.5. The van der Waals surface area contributed by atoms with Crippen LogP contribution in [0, 0.1) is 5.82 Å². The number of hydrogen-bond donors (Lipinski definition) is 1. The Labute approximate surface area is 133 Å². The van der Waals surface area contributed by atoms with E-state index in [1.54, 1.807) is 12.1 Å². The molecule has 2 unspecified atom stereocenters. The van der Waals surface area contributed by atoms with E-state index in [2.05, 4.69) is 21.2 Å². The first-order valence-electron chi connectivity index (χ1n) is 7.11. The predicted octanol–water partition coefficient (Wildman–Crippen LogP) is 4.85. The van der Waals surface area contributed by atoms with Crippen LogP contribution in [0.25, 0.3) is 0 Å². The van der Waals surface area contributed by atoms with E-state index in [-0.39, 0.29) is 23.0 Å². The molecule has 1 aliphatic heterocycles. The molecule has 5 heteroatoms. The lowest BCUT2D eigenvalue weighted by Crippen LogP contribution is -2.29. The highest BCUT2D eigenvalue weighted by atomic mass is 79.9. The van der Waals surface area contributed by atoms with Crippen molar-refractivity contribution < 1.29 is 9.13 Å². The highest BCUT2D eigenvalue weighted by molar-refractivity contribution is 9.10. The molecule has 1 fully saturated rings. The third kappa shape index (κ3) is 3.94. The van der Waals surface area contributed by atoms with Gasteiger partial charge in [0.25, 0.3) is 0 Å². The summed E-state index contributed by atoms with van der Waals surface area (Å²) in [6.07, 6.45) is 4.35.